The number of nitriles is 1. The summed E-state index contributed by atoms with van der Waals surface area (Å²) in [6.45, 7) is 0. The van der Waals surface area contributed by atoms with E-state index < -0.39 is 0 Å². The Morgan fingerprint density at radius 1 is 0.412 bits per heavy atom. The Balaban J connectivity index is 1.49. The third-order valence-corrected chi connectivity index (χ3v) is 9.49. The van der Waals surface area contributed by atoms with Crippen LogP contribution in [0.3, 0.4) is 0 Å². The smallest absolute Gasteiger partial charge is 0.163 e. The molecule has 7 aromatic carbocycles. The van der Waals surface area contributed by atoms with Crippen LogP contribution in [0.2, 0.25) is 0 Å². The molecule has 0 fully saturated rings. The van der Waals surface area contributed by atoms with Gasteiger partial charge in [-0.1, -0.05) is 164 Å². The summed E-state index contributed by atoms with van der Waals surface area (Å²) in [7, 11) is 0. The third kappa shape index (κ3) is 5.17. The molecular weight excluding hydrogens is 621 g/mol. The van der Waals surface area contributed by atoms with Gasteiger partial charge in [-0.05, 0) is 34.9 Å². The number of benzene rings is 7. The molecule has 4 heteroatoms. The molecule has 0 spiro atoms. The molecule has 0 saturated carbocycles. The molecule has 0 saturated heterocycles. The molecule has 2 heterocycles. The summed E-state index contributed by atoms with van der Waals surface area (Å²) < 4.78 is 2.34. The minimum absolute atomic E-state index is 0.440. The average molecular weight is 651 g/mol. The van der Waals surface area contributed by atoms with Crippen LogP contribution in [0, 0.1) is 11.3 Å². The highest BCUT2D eigenvalue weighted by Gasteiger charge is 2.26. The van der Waals surface area contributed by atoms with E-state index in [2.05, 4.69) is 120 Å². The van der Waals surface area contributed by atoms with Crippen molar-refractivity contribution < 1.29 is 0 Å². The Morgan fingerprint density at radius 3 is 1.33 bits per heavy atom. The molecule has 2 aromatic heterocycles. The van der Waals surface area contributed by atoms with Gasteiger partial charge in [0.2, 0.25) is 0 Å². The van der Waals surface area contributed by atoms with Crippen LogP contribution in [-0.2, 0) is 0 Å². The van der Waals surface area contributed by atoms with Gasteiger partial charge in [0, 0.05) is 27.5 Å². The predicted octanol–water partition coefficient (Wildman–Crippen LogP) is 11.8. The van der Waals surface area contributed by atoms with Gasteiger partial charge in [-0.25, -0.2) is 9.97 Å². The average Bonchev–Trinajstić information content (AvgIpc) is 3.55. The van der Waals surface area contributed by atoms with Gasteiger partial charge in [0.15, 0.2) is 5.82 Å². The number of hydrogen-bond donors (Lipinski definition) is 0. The second-order valence-corrected chi connectivity index (χ2v) is 12.4. The Morgan fingerprint density at radius 2 is 0.843 bits per heavy atom. The largest absolute Gasteiger partial charge is 0.308 e. The number of nitrogens with zero attached hydrogens (tertiary/aromatic N) is 4. The number of rotatable bonds is 6. The molecule has 0 bridgehead atoms. The van der Waals surface area contributed by atoms with E-state index in [0.29, 0.717) is 22.8 Å². The zero-order valence-corrected chi connectivity index (χ0v) is 27.6. The van der Waals surface area contributed by atoms with Gasteiger partial charge >= 0.3 is 0 Å². The van der Waals surface area contributed by atoms with Crippen molar-refractivity contribution in [2.45, 2.75) is 0 Å². The van der Waals surface area contributed by atoms with Gasteiger partial charge in [-0.15, -0.1) is 0 Å². The lowest BCUT2D eigenvalue weighted by atomic mass is 9.88. The van der Waals surface area contributed by atoms with Crippen molar-refractivity contribution in [3.63, 3.8) is 0 Å². The highest BCUT2D eigenvalue weighted by Crippen LogP contribution is 2.46. The molecule has 0 radical (unpaired) electrons. The zero-order valence-electron chi connectivity index (χ0n) is 27.6. The van der Waals surface area contributed by atoms with Gasteiger partial charge in [-0.2, -0.15) is 5.26 Å². The van der Waals surface area contributed by atoms with E-state index in [0.717, 1.165) is 55.7 Å². The molecule has 0 N–H and O–H groups in total. The first kappa shape index (κ1) is 30.0. The first-order chi connectivity index (χ1) is 25.3. The Kier molecular flexibility index (Phi) is 7.50. The van der Waals surface area contributed by atoms with Crippen LogP contribution in [0.1, 0.15) is 5.56 Å². The minimum atomic E-state index is 0.440. The number of fused-ring (bicyclic) bond motifs is 3. The standard InChI is InChI=1S/C47H30N4/c48-31-39-45(34-21-9-3-10-22-34)49-47(50-46(39)35-23-11-4-12-24-35)44-42(51-40-27-15-13-25-37(40)38-26-14-16-28-41(38)51)30-29-36(32-17-5-1-6-18-32)43(44)33-19-7-2-8-20-33/h1-30H. The van der Waals surface area contributed by atoms with Crippen molar-refractivity contribution in [1.29, 1.82) is 5.26 Å². The molecule has 0 aliphatic heterocycles. The van der Waals surface area contributed by atoms with Crippen molar-refractivity contribution in [2.24, 2.45) is 0 Å². The lowest BCUT2D eigenvalue weighted by Gasteiger charge is -2.22. The van der Waals surface area contributed by atoms with Crippen LogP contribution < -0.4 is 0 Å². The molecule has 0 unspecified atom stereocenters. The second kappa shape index (κ2) is 12.7. The highest BCUT2D eigenvalue weighted by atomic mass is 15.0. The molecule has 0 amide bonds. The fraction of sp³-hybridized carbons (Fsp3) is 0. The van der Waals surface area contributed by atoms with Crippen LogP contribution in [-0.4, -0.2) is 14.5 Å². The molecule has 9 aromatic rings. The van der Waals surface area contributed by atoms with Crippen molar-refractivity contribution in [2.75, 3.05) is 0 Å². The number of para-hydroxylation sites is 2. The van der Waals surface area contributed by atoms with Crippen LogP contribution in [0.4, 0.5) is 0 Å². The van der Waals surface area contributed by atoms with E-state index in [4.69, 9.17) is 9.97 Å². The summed E-state index contributed by atoms with van der Waals surface area (Å²) in [4.78, 5) is 10.7. The first-order valence-electron chi connectivity index (χ1n) is 17.0. The monoisotopic (exact) mass is 650 g/mol. The third-order valence-electron chi connectivity index (χ3n) is 9.49. The Bertz CT molecular complexity index is 2610. The van der Waals surface area contributed by atoms with Gasteiger partial charge < -0.3 is 4.57 Å². The summed E-state index contributed by atoms with van der Waals surface area (Å²) in [6, 6.07) is 64.9. The van der Waals surface area contributed by atoms with Crippen LogP contribution in [0.25, 0.3) is 83.6 Å². The normalized spacial score (nSPS) is 11.1. The summed E-state index contributed by atoms with van der Waals surface area (Å²) in [5.74, 6) is 0.542. The molecule has 0 atom stereocenters. The minimum Gasteiger partial charge on any atom is -0.308 e. The second-order valence-electron chi connectivity index (χ2n) is 12.4. The van der Waals surface area contributed by atoms with E-state index in [1.54, 1.807) is 0 Å². The summed E-state index contributed by atoms with van der Waals surface area (Å²) >= 11 is 0. The van der Waals surface area contributed by atoms with Crippen LogP contribution in [0.15, 0.2) is 182 Å². The fourth-order valence-corrected chi connectivity index (χ4v) is 7.24. The summed E-state index contributed by atoms with van der Waals surface area (Å²) in [6.07, 6.45) is 0. The van der Waals surface area contributed by atoms with Crippen molar-refractivity contribution in [1.82, 2.24) is 14.5 Å². The van der Waals surface area contributed by atoms with Crippen LogP contribution in [0.5, 0.6) is 0 Å². The van der Waals surface area contributed by atoms with Gasteiger partial charge in [0.05, 0.1) is 33.7 Å². The molecule has 0 aliphatic rings. The number of hydrogen-bond acceptors (Lipinski definition) is 3. The SMILES string of the molecule is N#Cc1c(-c2ccccc2)nc(-c2c(-n3c4ccccc4c4ccccc43)ccc(-c3ccccc3)c2-c2ccccc2)nc1-c1ccccc1. The maximum absolute atomic E-state index is 10.7. The summed E-state index contributed by atoms with van der Waals surface area (Å²) in [5, 5.41) is 13.1. The first-order valence-corrected chi connectivity index (χ1v) is 17.0. The molecule has 4 nitrogen and oxygen atoms in total. The molecule has 238 valence electrons. The zero-order chi connectivity index (χ0) is 34.1. The molecule has 0 aliphatic carbocycles. The van der Waals surface area contributed by atoms with Gasteiger partial charge in [0.25, 0.3) is 0 Å². The van der Waals surface area contributed by atoms with E-state index in [1.807, 2.05) is 72.8 Å². The Hall–Kier alpha value is -7.09. The van der Waals surface area contributed by atoms with Crippen molar-refractivity contribution in [3.8, 4) is 67.9 Å². The van der Waals surface area contributed by atoms with E-state index >= 15 is 0 Å². The Labute approximate surface area is 296 Å². The highest BCUT2D eigenvalue weighted by molar-refractivity contribution is 6.10. The van der Waals surface area contributed by atoms with Crippen molar-refractivity contribution >= 4 is 21.8 Å². The fourth-order valence-electron chi connectivity index (χ4n) is 7.24. The predicted molar refractivity (Wildman–Crippen MR) is 208 cm³/mol. The molecule has 51 heavy (non-hydrogen) atoms. The maximum Gasteiger partial charge on any atom is 0.163 e. The van der Waals surface area contributed by atoms with Crippen LogP contribution >= 0.6 is 0 Å². The maximum atomic E-state index is 10.7. The quantitative estimate of drug-likeness (QED) is 0.180. The van der Waals surface area contributed by atoms with Gasteiger partial charge in [0.1, 0.15) is 11.6 Å². The lowest BCUT2D eigenvalue weighted by Crippen LogP contribution is -2.06. The van der Waals surface area contributed by atoms with E-state index in [1.165, 1.54) is 10.8 Å². The molecular formula is C47H30N4. The van der Waals surface area contributed by atoms with E-state index in [9.17, 15) is 5.26 Å². The van der Waals surface area contributed by atoms with Gasteiger partial charge in [-0.3, -0.25) is 0 Å². The topological polar surface area (TPSA) is 54.5 Å². The summed E-state index contributed by atoms with van der Waals surface area (Å²) in [5.41, 5.74) is 11.6. The van der Waals surface area contributed by atoms with Crippen molar-refractivity contribution in [3.05, 3.63) is 188 Å². The molecule has 9 rings (SSSR count). The number of aromatic nitrogens is 3. The van der Waals surface area contributed by atoms with E-state index in [-0.39, 0.29) is 0 Å². The lowest BCUT2D eigenvalue weighted by molar-refractivity contribution is 1.13.